The number of aliphatic hydroxyl groups excluding tert-OH is 1. The maximum Gasteiger partial charge on any atom is 0.344 e. The standard InChI is InChI=1S/C21H18BrNO4S/c1-3-27-21(25)18-19(24)17(12-13-9-10-16(26-2)15(22)11-13)28-20(18)23-14-7-5-4-6-8-14/h4-12,24H,3H2,1-2H3. The van der Waals surface area contributed by atoms with E-state index in [9.17, 15) is 9.90 Å². The van der Waals surface area contributed by atoms with E-state index in [2.05, 4.69) is 20.9 Å². The van der Waals surface area contributed by atoms with Crippen LogP contribution in [-0.2, 0) is 9.53 Å². The van der Waals surface area contributed by atoms with E-state index >= 15 is 0 Å². The molecule has 7 heteroatoms. The van der Waals surface area contributed by atoms with Crippen molar-refractivity contribution < 1.29 is 19.4 Å². The van der Waals surface area contributed by atoms with Gasteiger partial charge >= 0.3 is 5.97 Å². The summed E-state index contributed by atoms with van der Waals surface area (Å²) in [5.41, 5.74) is 1.61. The second-order valence-corrected chi connectivity index (χ2v) is 7.59. The Morgan fingerprint density at radius 3 is 2.64 bits per heavy atom. The van der Waals surface area contributed by atoms with Gasteiger partial charge in [0.05, 0.1) is 28.8 Å². The van der Waals surface area contributed by atoms with E-state index in [1.807, 2.05) is 48.5 Å². The highest BCUT2D eigenvalue weighted by Crippen LogP contribution is 2.40. The lowest BCUT2D eigenvalue weighted by atomic mass is 10.1. The van der Waals surface area contributed by atoms with Crippen LogP contribution in [0.4, 0.5) is 5.69 Å². The lowest BCUT2D eigenvalue weighted by molar-refractivity contribution is -0.138. The van der Waals surface area contributed by atoms with Crippen molar-refractivity contribution in [3.05, 3.63) is 74.8 Å². The summed E-state index contributed by atoms with van der Waals surface area (Å²) in [6.07, 6.45) is 1.79. The molecule has 0 amide bonds. The summed E-state index contributed by atoms with van der Waals surface area (Å²) in [7, 11) is 1.59. The summed E-state index contributed by atoms with van der Waals surface area (Å²) < 4.78 is 11.1. The molecule has 2 aromatic carbocycles. The first-order valence-corrected chi connectivity index (χ1v) is 10.1. The van der Waals surface area contributed by atoms with Gasteiger partial charge in [-0.05, 0) is 58.8 Å². The monoisotopic (exact) mass is 459 g/mol. The van der Waals surface area contributed by atoms with Crippen LogP contribution in [0.1, 0.15) is 12.5 Å². The van der Waals surface area contributed by atoms with E-state index in [4.69, 9.17) is 9.47 Å². The number of benzene rings is 2. The Morgan fingerprint density at radius 2 is 2.00 bits per heavy atom. The molecule has 2 aromatic rings. The third-order valence-corrected chi connectivity index (χ3v) is 5.47. The molecule has 5 nitrogen and oxygen atoms in total. The number of nitrogens with zero attached hydrogens (tertiary/aromatic N) is 1. The Morgan fingerprint density at radius 1 is 1.25 bits per heavy atom. The van der Waals surface area contributed by atoms with Crippen molar-refractivity contribution in [2.45, 2.75) is 6.92 Å². The fraction of sp³-hybridized carbons (Fsp3) is 0.143. The average Bonchev–Trinajstić information content (AvgIpc) is 2.98. The number of carbonyl (C=O) groups is 1. The summed E-state index contributed by atoms with van der Waals surface area (Å²) in [6.45, 7) is 1.93. The van der Waals surface area contributed by atoms with E-state index < -0.39 is 5.97 Å². The molecule has 3 rings (SSSR count). The Hall–Kier alpha value is -2.51. The zero-order chi connectivity index (χ0) is 20.1. The van der Waals surface area contributed by atoms with Crippen molar-refractivity contribution in [2.75, 3.05) is 13.7 Å². The van der Waals surface area contributed by atoms with Crippen LogP contribution in [0.5, 0.6) is 5.75 Å². The van der Waals surface area contributed by atoms with Crippen molar-refractivity contribution in [2.24, 2.45) is 4.99 Å². The van der Waals surface area contributed by atoms with E-state index in [1.54, 1.807) is 20.1 Å². The fourth-order valence-corrected chi connectivity index (χ4v) is 4.13. The van der Waals surface area contributed by atoms with Gasteiger partial charge in [0.1, 0.15) is 22.1 Å². The number of para-hydroxylation sites is 1. The summed E-state index contributed by atoms with van der Waals surface area (Å²) >= 11 is 4.68. The first-order valence-electron chi connectivity index (χ1n) is 8.51. The van der Waals surface area contributed by atoms with Crippen LogP contribution in [0.3, 0.4) is 0 Å². The predicted molar refractivity (Wildman–Crippen MR) is 116 cm³/mol. The molecule has 0 bridgehead atoms. The maximum atomic E-state index is 12.4. The number of hydrogen-bond donors (Lipinski definition) is 1. The fourth-order valence-electron chi connectivity index (χ4n) is 2.54. The van der Waals surface area contributed by atoms with Crippen LogP contribution < -0.4 is 4.74 Å². The number of carbonyl (C=O) groups excluding carboxylic acids is 1. The van der Waals surface area contributed by atoms with Gasteiger partial charge in [-0.2, -0.15) is 0 Å². The number of esters is 1. The van der Waals surface area contributed by atoms with Crippen molar-refractivity contribution >= 4 is 50.5 Å². The van der Waals surface area contributed by atoms with Gasteiger partial charge in [-0.25, -0.2) is 9.79 Å². The van der Waals surface area contributed by atoms with Crippen molar-refractivity contribution in [3.8, 4) is 5.75 Å². The molecule has 0 atom stereocenters. The molecule has 0 saturated carbocycles. The minimum atomic E-state index is -0.596. The first-order chi connectivity index (χ1) is 13.5. The molecule has 144 valence electrons. The number of aliphatic imine (C=N–C) groups is 1. The lowest BCUT2D eigenvalue weighted by Crippen LogP contribution is -2.12. The van der Waals surface area contributed by atoms with Crippen LogP contribution in [0, 0.1) is 0 Å². The van der Waals surface area contributed by atoms with E-state index in [1.165, 1.54) is 11.8 Å². The highest BCUT2D eigenvalue weighted by Gasteiger charge is 2.33. The number of hydrogen-bond acceptors (Lipinski definition) is 6. The van der Waals surface area contributed by atoms with E-state index in [0.29, 0.717) is 21.4 Å². The first kappa shape index (κ1) is 20.2. The number of ether oxygens (including phenoxy) is 2. The second kappa shape index (κ2) is 9.12. The minimum Gasteiger partial charge on any atom is -0.506 e. The predicted octanol–water partition coefficient (Wildman–Crippen LogP) is 5.65. The van der Waals surface area contributed by atoms with Gasteiger partial charge in [0.2, 0.25) is 0 Å². The third-order valence-electron chi connectivity index (χ3n) is 3.83. The van der Waals surface area contributed by atoms with E-state index in [-0.39, 0.29) is 17.9 Å². The zero-order valence-electron chi connectivity index (χ0n) is 15.3. The third kappa shape index (κ3) is 4.48. The molecule has 28 heavy (non-hydrogen) atoms. The number of rotatable bonds is 5. The van der Waals surface area contributed by atoms with Crippen LogP contribution in [0.2, 0.25) is 0 Å². The Balaban J connectivity index is 2.02. The molecular formula is C21H18BrNO4S. The number of thioether (sulfide) groups is 1. The zero-order valence-corrected chi connectivity index (χ0v) is 17.7. The molecule has 0 aromatic heterocycles. The molecule has 1 N–H and O–H groups in total. The molecule has 1 aliphatic heterocycles. The molecule has 1 heterocycles. The van der Waals surface area contributed by atoms with Gasteiger partial charge < -0.3 is 14.6 Å². The molecule has 0 saturated heterocycles. The maximum absolute atomic E-state index is 12.4. The summed E-state index contributed by atoms with van der Waals surface area (Å²) in [5.74, 6) is -0.0221. The summed E-state index contributed by atoms with van der Waals surface area (Å²) in [4.78, 5) is 17.5. The van der Waals surface area contributed by atoms with Crippen LogP contribution in [0.15, 0.2) is 74.2 Å². The van der Waals surface area contributed by atoms with Crippen LogP contribution in [-0.4, -0.2) is 29.8 Å². The van der Waals surface area contributed by atoms with Gasteiger partial charge in [-0.3, -0.25) is 0 Å². The van der Waals surface area contributed by atoms with Gasteiger partial charge in [-0.1, -0.05) is 36.0 Å². The number of methoxy groups -OCH3 is 1. The topological polar surface area (TPSA) is 68.1 Å². The highest BCUT2D eigenvalue weighted by molar-refractivity contribution is 9.10. The van der Waals surface area contributed by atoms with Gasteiger partial charge in [-0.15, -0.1) is 0 Å². The SMILES string of the molecule is CCOC(=O)C1=C(O)C(=Cc2ccc(OC)c(Br)c2)SC1=Nc1ccccc1. The molecular weight excluding hydrogens is 442 g/mol. The Bertz CT molecular complexity index is 983. The molecule has 0 fully saturated rings. The Labute approximate surface area is 175 Å². The molecule has 0 radical (unpaired) electrons. The van der Waals surface area contributed by atoms with Crippen molar-refractivity contribution in [3.63, 3.8) is 0 Å². The largest absolute Gasteiger partial charge is 0.506 e. The molecule has 0 unspecified atom stereocenters. The lowest BCUT2D eigenvalue weighted by Gasteiger charge is -2.04. The van der Waals surface area contributed by atoms with Crippen LogP contribution >= 0.6 is 27.7 Å². The Kier molecular flexibility index (Phi) is 6.59. The van der Waals surface area contributed by atoms with Crippen molar-refractivity contribution in [1.29, 1.82) is 0 Å². The molecule has 0 spiro atoms. The summed E-state index contributed by atoms with van der Waals surface area (Å²) in [6, 6.07) is 14.8. The smallest absolute Gasteiger partial charge is 0.344 e. The molecule has 0 aliphatic carbocycles. The van der Waals surface area contributed by atoms with Gasteiger partial charge in [0.15, 0.2) is 0 Å². The van der Waals surface area contributed by atoms with Crippen LogP contribution in [0.25, 0.3) is 6.08 Å². The molecule has 1 aliphatic rings. The summed E-state index contributed by atoms with van der Waals surface area (Å²) in [5, 5.41) is 11.1. The van der Waals surface area contributed by atoms with E-state index in [0.717, 1.165) is 10.0 Å². The van der Waals surface area contributed by atoms with Crippen molar-refractivity contribution in [1.82, 2.24) is 0 Å². The highest BCUT2D eigenvalue weighted by atomic mass is 79.9. The minimum absolute atomic E-state index is 0.0783. The van der Waals surface area contributed by atoms with Gasteiger partial charge in [0, 0.05) is 0 Å². The average molecular weight is 460 g/mol. The second-order valence-electron chi connectivity index (χ2n) is 5.70. The number of halogens is 1. The quantitative estimate of drug-likeness (QED) is 0.584. The number of aliphatic hydroxyl groups is 1. The van der Waals surface area contributed by atoms with Gasteiger partial charge in [0.25, 0.3) is 0 Å². The normalized spacial score (nSPS) is 16.7.